The molecule has 4 nitrogen and oxygen atoms in total. The van der Waals surface area contributed by atoms with E-state index in [1.807, 2.05) is 12.1 Å². The molecule has 6 aromatic rings. The third-order valence-electron chi connectivity index (χ3n) is 7.99. The van der Waals surface area contributed by atoms with E-state index in [1.165, 1.54) is 57.1 Å². The molecule has 0 fully saturated rings. The van der Waals surface area contributed by atoms with Gasteiger partial charge in [-0.15, -0.1) is 0 Å². The van der Waals surface area contributed by atoms with Gasteiger partial charge in [0.2, 0.25) is 0 Å². The fraction of sp³-hybridized carbons (Fsp3) is 0.200. The Bertz CT molecular complexity index is 1720. The third kappa shape index (κ3) is 4.79. The molecule has 0 bridgehead atoms. The number of hydrogen-bond donors (Lipinski definition) is 2. The van der Waals surface area contributed by atoms with Crippen LogP contribution >= 0.6 is 0 Å². The molecule has 0 aliphatic heterocycles. The smallest absolute Gasteiger partial charge is 0.120 e. The van der Waals surface area contributed by atoms with E-state index in [9.17, 15) is 0 Å². The summed E-state index contributed by atoms with van der Waals surface area (Å²) in [5, 5.41) is 2.53. The molecule has 4 heteroatoms. The number of rotatable bonds is 7. The predicted octanol–water partition coefficient (Wildman–Crippen LogP) is 8.67. The van der Waals surface area contributed by atoms with Gasteiger partial charge in [0.25, 0.3) is 0 Å². The van der Waals surface area contributed by atoms with E-state index in [0.717, 1.165) is 29.9 Å². The van der Waals surface area contributed by atoms with E-state index in [4.69, 9.17) is 9.47 Å². The van der Waals surface area contributed by atoms with Gasteiger partial charge < -0.3 is 19.4 Å². The van der Waals surface area contributed by atoms with Crippen molar-refractivity contribution >= 4 is 21.8 Å². The van der Waals surface area contributed by atoms with Gasteiger partial charge >= 0.3 is 0 Å². The molecule has 2 heterocycles. The fourth-order valence-corrected chi connectivity index (χ4v) is 5.99. The number of benzene rings is 4. The molecule has 2 aromatic heterocycles. The number of aromatic nitrogens is 2. The summed E-state index contributed by atoms with van der Waals surface area (Å²) >= 11 is 0. The molecule has 1 aliphatic rings. The summed E-state index contributed by atoms with van der Waals surface area (Å²) in [7, 11) is 0. The molecule has 0 saturated heterocycles. The first-order valence-electron chi connectivity index (χ1n) is 13.9. The lowest BCUT2D eigenvalue weighted by atomic mass is 9.90. The maximum absolute atomic E-state index is 6.19. The Kier molecular flexibility index (Phi) is 6.29. The largest absolute Gasteiger partial charge is 0.489 e. The molecule has 39 heavy (non-hydrogen) atoms. The van der Waals surface area contributed by atoms with Crippen LogP contribution in [0.4, 0.5) is 0 Å². The summed E-state index contributed by atoms with van der Waals surface area (Å²) in [6.07, 6.45) is 6.81. The minimum absolute atomic E-state index is 0.307. The van der Waals surface area contributed by atoms with Crippen molar-refractivity contribution in [3.63, 3.8) is 0 Å². The van der Waals surface area contributed by atoms with Gasteiger partial charge in [-0.25, -0.2) is 0 Å². The highest BCUT2D eigenvalue weighted by atomic mass is 16.5. The number of fused-ring (bicyclic) bond motifs is 4. The van der Waals surface area contributed by atoms with Crippen LogP contribution in [-0.4, -0.2) is 9.97 Å². The van der Waals surface area contributed by atoms with Crippen LogP contribution in [0.25, 0.3) is 21.8 Å². The lowest BCUT2D eigenvalue weighted by Gasteiger charge is -2.15. The molecule has 0 radical (unpaired) electrons. The number of nitrogens with one attached hydrogen (secondary N) is 2. The molecule has 2 N–H and O–H groups in total. The van der Waals surface area contributed by atoms with Crippen molar-refractivity contribution in [3.05, 3.63) is 131 Å². The first-order valence-corrected chi connectivity index (χ1v) is 13.9. The summed E-state index contributed by atoms with van der Waals surface area (Å²) in [6.45, 7) is 1.14. The highest BCUT2D eigenvalue weighted by Crippen LogP contribution is 2.42. The molecular weight excluding hydrogens is 480 g/mol. The molecule has 1 aliphatic carbocycles. The lowest BCUT2D eigenvalue weighted by Crippen LogP contribution is -2.02. The zero-order chi connectivity index (χ0) is 26.0. The van der Waals surface area contributed by atoms with E-state index >= 15 is 0 Å². The van der Waals surface area contributed by atoms with Crippen LogP contribution in [0.1, 0.15) is 53.1 Å². The van der Waals surface area contributed by atoms with E-state index in [0.29, 0.717) is 19.1 Å². The first kappa shape index (κ1) is 23.7. The molecular formula is C35H32N2O2. The van der Waals surface area contributed by atoms with Gasteiger partial charge in [-0.05, 0) is 77.9 Å². The zero-order valence-corrected chi connectivity index (χ0v) is 22.0. The Morgan fingerprint density at radius 3 is 2.00 bits per heavy atom. The number of aromatic amines is 2. The Balaban J connectivity index is 1.20. The van der Waals surface area contributed by atoms with Crippen molar-refractivity contribution in [3.8, 4) is 11.5 Å². The normalized spacial score (nSPS) is 15.2. The lowest BCUT2D eigenvalue weighted by molar-refractivity contribution is 0.306. The average molecular weight is 513 g/mol. The topological polar surface area (TPSA) is 50.0 Å². The van der Waals surface area contributed by atoms with Crippen LogP contribution in [0, 0.1) is 0 Å². The summed E-state index contributed by atoms with van der Waals surface area (Å²) in [5.41, 5.74) is 8.80. The van der Waals surface area contributed by atoms with Crippen molar-refractivity contribution in [2.45, 2.75) is 44.8 Å². The van der Waals surface area contributed by atoms with Gasteiger partial charge in [-0.1, -0.05) is 67.1 Å². The number of hydrogen-bond acceptors (Lipinski definition) is 2. The molecule has 0 saturated carbocycles. The second kappa shape index (κ2) is 10.4. The monoisotopic (exact) mass is 512 g/mol. The van der Waals surface area contributed by atoms with Crippen LogP contribution in [0.5, 0.6) is 11.5 Å². The quantitative estimate of drug-likeness (QED) is 0.210. The minimum atomic E-state index is 0.307. The Morgan fingerprint density at radius 2 is 1.31 bits per heavy atom. The van der Waals surface area contributed by atoms with Crippen molar-refractivity contribution in [1.82, 2.24) is 9.97 Å². The molecule has 7 rings (SSSR count). The number of H-pyrrole nitrogens is 2. The van der Waals surface area contributed by atoms with Gasteiger partial charge in [-0.3, -0.25) is 0 Å². The summed E-state index contributed by atoms with van der Waals surface area (Å²) < 4.78 is 12.4. The second-order valence-electron chi connectivity index (χ2n) is 10.5. The van der Waals surface area contributed by atoms with Gasteiger partial charge in [0.05, 0.1) is 0 Å². The third-order valence-corrected chi connectivity index (χ3v) is 7.99. The SMILES string of the molecule is c1ccc(COc2ccc3[nH]cc(C4CCCCc5c4[nH]c4ccc(OCc6ccccc6)cc54)c3c2)cc1. The number of ether oxygens (including phenoxy) is 2. The molecule has 4 aromatic carbocycles. The Labute approximate surface area is 228 Å². The molecule has 0 amide bonds. The fourth-order valence-electron chi connectivity index (χ4n) is 5.99. The molecule has 194 valence electrons. The maximum Gasteiger partial charge on any atom is 0.120 e. The van der Waals surface area contributed by atoms with Crippen molar-refractivity contribution in [2.24, 2.45) is 0 Å². The van der Waals surface area contributed by atoms with Crippen LogP contribution in [0.15, 0.2) is 103 Å². The predicted molar refractivity (Wildman–Crippen MR) is 158 cm³/mol. The van der Waals surface area contributed by atoms with E-state index in [1.54, 1.807) is 0 Å². The first-order chi connectivity index (χ1) is 19.3. The van der Waals surface area contributed by atoms with E-state index in [-0.39, 0.29) is 0 Å². The Morgan fingerprint density at radius 1 is 0.667 bits per heavy atom. The average Bonchev–Trinajstić information content (AvgIpc) is 3.50. The maximum atomic E-state index is 6.19. The van der Waals surface area contributed by atoms with Gasteiger partial charge in [-0.2, -0.15) is 0 Å². The minimum Gasteiger partial charge on any atom is -0.489 e. The second-order valence-corrected chi connectivity index (χ2v) is 10.5. The van der Waals surface area contributed by atoms with Crippen LogP contribution in [-0.2, 0) is 19.6 Å². The summed E-state index contributed by atoms with van der Waals surface area (Å²) in [5.74, 6) is 2.13. The van der Waals surface area contributed by atoms with E-state index < -0.39 is 0 Å². The van der Waals surface area contributed by atoms with Gasteiger partial charge in [0.1, 0.15) is 24.7 Å². The van der Waals surface area contributed by atoms with E-state index in [2.05, 4.69) is 101 Å². The van der Waals surface area contributed by atoms with Crippen LogP contribution in [0.3, 0.4) is 0 Å². The highest BCUT2D eigenvalue weighted by Gasteiger charge is 2.26. The van der Waals surface area contributed by atoms with Crippen LogP contribution < -0.4 is 9.47 Å². The molecule has 1 unspecified atom stereocenters. The standard InChI is InChI=1S/C35H32N2O2/c1-3-9-24(10-4-1)22-38-26-15-17-33-31(20-26)32(21-36-33)29-14-8-7-13-28-30-19-27(16-18-34(30)37-35(28)29)39-23-25-11-5-2-6-12-25/h1-6,9-12,15-21,29,36-37H,7-8,13-14,22-23H2. The zero-order valence-electron chi connectivity index (χ0n) is 22.0. The molecule has 1 atom stereocenters. The highest BCUT2D eigenvalue weighted by molar-refractivity contribution is 5.89. The number of aryl methyl sites for hydroxylation is 1. The van der Waals surface area contributed by atoms with Crippen molar-refractivity contribution < 1.29 is 9.47 Å². The van der Waals surface area contributed by atoms with Crippen LogP contribution in [0.2, 0.25) is 0 Å². The van der Waals surface area contributed by atoms with Crippen molar-refractivity contribution in [1.29, 1.82) is 0 Å². The summed E-state index contributed by atoms with van der Waals surface area (Å²) in [6, 6.07) is 33.5. The van der Waals surface area contributed by atoms with Crippen molar-refractivity contribution in [2.75, 3.05) is 0 Å². The molecule has 0 spiro atoms. The van der Waals surface area contributed by atoms with Gasteiger partial charge in [0, 0.05) is 39.6 Å². The van der Waals surface area contributed by atoms with Gasteiger partial charge in [0.15, 0.2) is 0 Å². The Hall–Kier alpha value is -4.44. The summed E-state index contributed by atoms with van der Waals surface area (Å²) in [4.78, 5) is 7.34.